The van der Waals surface area contributed by atoms with E-state index in [9.17, 15) is 19.1 Å². The Morgan fingerprint density at radius 3 is 2.54 bits per heavy atom. The van der Waals surface area contributed by atoms with Crippen LogP contribution in [0.2, 0.25) is 0 Å². The molecule has 1 amide bonds. The first-order valence-electron chi connectivity index (χ1n) is 8.63. The van der Waals surface area contributed by atoms with Crippen LogP contribution in [0.1, 0.15) is 35.1 Å². The predicted octanol–water partition coefficient (Wildman–Crippen LogP) is 2.81. The van der Waals surface area contributed by atoms with Crippen molar-refractivity contribution in [2.45, 2.75) is 27.2 Å². The van der Waals surface area contributed by atoms with Gasteiger partial charge >= 0.3 is 5.97 Å². The van der Waals surface area contributed by atoms with Gasteiger partial charge < -0.3 is 10.0 Å². The number of nitrogens with zero attached hydrogens (tertiary/aromatic N) is 3. The molecule has 0 spiro atoms. The fourth-order valence-corrected chi connectivity index (χ4v) is 3.56. The zero-order chi connectivity index (χ0) is 19.0. The maximum atomic E-state index is 14.6. The number of halogens is 1. The van der Waals surface area contributed by atoms with Crippen molar-refractivity contribution in [3.63, 3.8) is 0 Å². The molecule has 0 radical (unpaired) electrons. The van der Waals surface area contributed by atoms with Crippen LogP contribution < -0.4 is 0 Å². The minimum Gasteiger partial charge on any atom is -0.481 e. The topological polar surface area (TPSA) is 75.4 Å². The van der Waals surface area contributed by atoms with Gasteiger partial charge in [0.2, 0.25) is 0 Å². The van der Waals surface area contributed by atoms with Gasteiger partial charge in [-0.3, -0.25) is 9.59 Å². The van der Waals surface area contributed by atoms with Crippen molar-refractivity contribution in [2.24, 2.45) is 11.8 Å². The average Bonchev–Trinajstić information content (AvgIpc) is 2.91. The van der Waals surface area contributed by atoms with Gasteiger partial charge in [-0.2, -0.15) is 5.10 Å². The van der Waals surface area contributed by atoms with Gasteiger partial charge in [-0.15, -0.1) is 0 Å². The van der Waals surface area contributed by atoms with Crippen LogP contribution in [-0.4, -0.2) is 44.8 Å². The molecular weight excluding hydrogens is 337 g/mol. The van der Waals surface area contributed by atoms with Crippen molar-refractivity contribution in [2.75, 3.05) is 13.1 Å². The number of aryl methyl sites for hydroxylation is 2. The van der Waals surface area contributed by atoms with Crippen LogP contribution in [0.25, 0.3) is 5.69 Å². The molecule has 0 saturated carbocycles. The Hall–Kier alpha value is -2.70. The van der Waals surface area contributed by atoms with Gasteiger partial charge in [-0.05, 0) is 50.5 Å². The van der Waals surface area contributed by atoms with E-state index in [-0.39, 0.29) is 17.4 Å². The summed E-state index contributed by atoms with van der Waals surface area (Å²) >= 11 is 0. The second-order valence-electron chi connectivity index (χ2n) is 6.97. The number of rotatable bonds is 3. The SMILES string of the molecule is Cc1cc(C)n(-c2ccc(C(=O)N3CCC(C(=O)O)C(C)C3)cc2F)n1. The number of carboxylic acid groups (broad SMARTS) is 1. The maximum absolute atomic E-state index is 14.6. The Balaban J connectivity index is 1.80. The lowest BCUT2D eigenvalue weighted by atomic mass is 9.87. The smallest absolute Gasteiger partial charge is 0.306 e. The van der Waals surface area contributed by atoms with Crippen LogP contribution in [0.15, 0.2) is 24.3 Å². The summed E-state index contributed by atoms with van der Waals surface area (Å²) in [6.45, 7) is 6.22. The maximum Gasteiger partial charge on any atom is 0.306 e. The zero-order valence-electron chi connectivity index (χ0n) is 15.1. The number of benzene rings is 1. The highest BCUT2D eigenvalue weighted by molar-refractivity contribution is 5.94. The first kappa shape index (κ1) is 18.1. The van der Waals surface area contributed by atoms with Crippen molar-refractivity contribution < 1.29 is 19.1 Å². The standard InChI is InChI=1S/C19H22FN3O3/c1-11-10-22(7-6-15(11)19(25)26)18(24)14-4-5-17(16(20)9-14)23-13(3)8-12(2)21-23/h4-5,8-9,11,15H,6-7,10H2,1-3H3,(H,25,26). The first-order valence-corrected chi connectivity index (χ1v) is 8.63. The molecule has 2 unspecified atom stereocenters. The van der Waals surface area contributed by atoms with Crippen LogP contribution in [0.5, 0.6) is 0 Å². The molecule has 1 N–H and O–H groups in total. The Kier molecular flexibility index (Phi) is 4.80. The average molecular weight is 359 g/mol. The molecule has 138 valence electrons. The summed E-state index contributed by atoms with van der Waals surface area (Å²) in [5, 5.41) is 13.5. The lowest BCUT2D eigenvalue weighted by molar-refractivity contribution is -0.145. The molecule has 1 aliphatic rings. The van der Waals surface area contributed by atoms with Crippen LogP contribution in [0.3, 0.4) is 0 Å². The Labute approximate surface area is 151 Å². The van der Waals surface area contributed by atoms with E-state index in [2.05, 4.69) is 5.10 Å². The van der Waals surface area contributed by atoms with E-state index in [1.54, 1.807) is 17.0 Å². The van der Waals surface area contributed by atoms with Crippen molar-refractivity contribution in [3.8, 4) is 5.69 Å². The second kappa shape index (κ2) is 6.90. The number of hydrogen-bond donors (Lipinski definition) is 1. The van der Waals surface area contributed by atoms with E-state index in [1.807, 2.05) is 26.8 Å². The van der Waals surface area contributed by atoms with E-state index in [4.69, 9.17) is 0 Å². The lowest BCUT2D eigenvalue weighted by Crippen LogP contribution is -2.45. The Morgan fingerprint density at radius 1 is 1.27 bits per heavy atom. The van der Waals surface area contributed by atoms with Gasteiger partial charge in [0.05, 0.1) is 11.6 Å². The van der Waals surface area contributed by atoms with Gasteiger partial charge in [0.15, 0.2) is 0 Å². The Morgan fingerprint density at radius 2 is 2.00 bits per heavy atom. The third kappa shape index (κ3) is 3.34. The van der Waals surface area contributed by atoms with Crippen molar-refractivity contribution in [1.29, 1.82) is 0 Å². The number of carboxylic acids is 1. The fourth-order valence-electron chi connectivity index (χ4n) is 3.56. The molecule has 3 rings (SSSR count). The van der Waals surface area contributed by atoms with Crippen molar-refractivity contribution in [1.82, 2.24) is 14.7 Å². The summed E-state index contributed by atoms with van der Waals surface area (Å²) < 4.78 is 16.1. The molecule has 1 aromatic heterocycles. The largest absolute Gasteiger partial charge is 0.481 e. The lowest BCUT2D eigenvalue weighted by Gasteiger charge is -2.35. The molecule has 0 bridgehead atoms. The van der Waals surface area contributed by atoms with Gasteiger partial charge in [0.25, 0.3) is 5.91 Å². The molecule has 2 heterocycles. The van der Waals surface area contributed by atoms with Crippen molar-refractivity contribution in [3.05, 3.63) is 47.0 Å². The van der Waals surface area contributed by atoms with E-state index in [1.165, 1.54) is 10.7 Å². The molecule has 1 aliphatic heterocycles. The van der Waals surface area contributed by atoms with Crippen LogP contribution in [0.4, 0.5) is 4.39 Å². The molecule has 6 nitrogen and oxygen atoms in total. The number of aromatic nitrogens is 2. The molecule has 0 aliphatic carbocycles. The number of hydrogen-bond acceptors (Lipinski definition) is 3. The first-order chi connectivity index (χ1) is 12.3. The monoisotopic (exact) mass is 359 g/mol. The molecule has 1 saturated heterocycles. The van der Waals surface area contributed by atoms with Gasteiger partial charge in [-0.1, -0.05) is 6.92 Å². The molecule has 2 atom stereocenters. The second-order valence-corrected chi connectivity index (χ2v) is 6.97. The predicted molar refractivity (Wildman–Crippen MR) is 93.8 cm³/mol. The normalized spacial score (nSPS) is 20.2. The number of aliphatic carboxylic acids is 1. The van der Waals surface area contributed by atoms with Crippen LogP contribution in [-0.2, 0) is 4.79 Å². The summed E-state index contributed by atoms with van der Waals surface area (Å²) in [6, 6.07) is 6.22. The number of carbonyl (C=O) groups is 2. The third-order valence-corrected chi connectivity index (χ3v) is 4.94. The molecule has 26 heavy (non-hydrogen) atoms. The molecule has 7 heteroatoms. The van der Waals surface area contributed by atoms with Crippen LogP contribution >= 0.6 is 0 Å². The van der Waals surface area contributed by atoms with E-state index in [0.29, 0.717) is 25.2 Å². The van der Waals surface area contributed by atoms with E-state index >= 15 is 0 Å². The number of carbonyl (C=O) groups excluding carboxylic acids is 1. The van der Waals surface area contributed by atoms with Gasteiger partial charge in [0.1, 0.15) is 11.5 Å². The molecule has 1 fully saturated rings. The molecular formula is C19H22FN3O3. The summed E-state index contributed by atoms with van der Waals surface area (Å²) in [5.41, 5.74) is 2.15. The zero-order valence-corrected chi connectivity index (χ0v) is 15.1. The third-order valence-electron chi connectivity index (χ3n) is 4.94. The fraction of sp³-hybridized carbons (Fsp3) is 0.421. The number of likely N-dealkylation sites (tertiary alicyclic amines) is 1. The molecule has 2 aromatic rings. The summed E-state index contributed by atoms with van der Waals surface area (Å²) in [7, 11) is 0. The van der Waals surface area contributed by atoms with Gasteiger partial charge in [-0.25, -0.2) is 9.07 Å². The highest BCUT2D eigenvalue weighted by atomic mass is 19.1. The van der Waals surface area contributed by atoms with E-state index in [0.717, 1.165) is 11.4 Å². The summed E-state index contributed by atoms with van der Waals surface area (Å²) in [5.74, 6) is -2.20. The minimum atomic E-state index is -0.829. The molecule has 1 aromatic carbocycles. The highest BCUT2D eigenvalue weighted by Gasteiger charge is 2.33. The highest BCUT2D eigenvalue weighted by Crippen LogP contribution is 2.25. The number of amides is 1. The van der Waals surface area contributed by atoms with Crippen molar-refractivity contribution >= 4 is 11.9 Å². The van der Waals surface area contributed by atoms with Crippen LogP contribution in [0, 0.1) is 31.5 Å². The van der Waals surface area contributed by atoms with Gasteiger partial charge in [0, 0.05) is 24.3 Å². The quantitative estimate of drug-likeness (QED) is 0.914. The summed E-state index contributed by atoms with van der Waals surface area (Å²) in [6.07, 6.45) is 0.411. The minimum absolute atomic E-state index is 0.135. The summed E-state index contributed by atoms with van der Waals surface area (Å²) in [4.78, 5) is 25.5. The van der Waals surface area contributed by atoms with E-state index < -0.39 is 17.7 Å². The Bertz CT molecular complexity index is 862. The number of piperidine rings is 1.